The van der Waals surface area contributed by atoms with E-state index in [2.05, 4.69) is 140 Å². The van der Waals surface area contributed by atoms with Crippen molar-refractivity contribution in [1.82, 2.24) is 0 Å². The molecule has 15 heteroatoms. The van der Waals surface area contributed by atoms with E-state index in [-0.39, 0.29) is 37.9 Å². The van der Waals surface area contributed by atoms with Crippen LogP contribution in [0.1, 0.15) is 97.9 Å². The molecule has 1 N–H and O–H groups in total. The lowest BCUT2D eigenvalue weighted by atomic mass is 10.1. The number of allylic oxidation sites excluding steroid dienone is 6. The molecule has 0 spiro atoms. The van der Waals surface area contributed by atoms with E-state index in [0.29, 0.717) is 19.8 Å². The summed E-state index contributed by atoms with van der Waals surface area (Å²) >= 11 is 3.49. The third kappa shape index (κ3) is 18.4. The van der Waals surface area contributed by atoms with Gasteiger partial charge in [-0.15, -0.1) is 39.5 Å². The van der Waals surface area contributed by atoms with Crippen LogP contribution in [0.25, 0.3) is 0 Å². The minimum Gasteiger partial charge on any atom is -0.387 e. The molecule has 10 atom stereocenters. The Balaban J connectivity index is 0.000000236. The van der Waals surface area contributed by atoms with Gasteiger partial charge in [0.05, 0.1) is 36.0 Å². The van der Waals surface area contributed by atoms with Crippen LogP contribution in [-0.2, 0) is 76.9 Å². The fourth-order valence-electron chi connectivity index (χ4n) is 11.6. The average molecular weight is 1180 g/mol. The topological polar surface area (TPSA) is 122 Å². The minimum absolute atomic E-state index is 0. The highest BCUT2D eigenvalue weighted by molar-refractivity contribution is 9.08. The lowest BCUT2D eigenvalue weighted by molar-refractivity contribution is -0.236. The number of rotatable bonds is 26. The van der Waals surface area contributed by atoms with Crippen LogP contribution in [0.3, 0.4) is 0 Å². The fraction of sp³-hybridized carbons (Fsp3) is 0.619. The Morgan fingerprint density at radius 1 is 0.513 bits per heavy atom. The van der Waals surface area contributed by atoms with Gasteiger partial charge in [-0.25, -0.2) is 0 Å². The van der Waals surface area contributed by atoms with Gasteiger partial charge in [0, 0.05) is 5.33 Å². The Morgan fingerprint density at radius 3 is 1.27 bits per heavy atom. The number of aliphatic hydroxyl groups excluding tert-OH is 1. The smallest absolute Gasteiger partial charge is 0.190 e. The van der Waals surface area contributed by atoms with Crippen LogP contribution in [0.4, 0.5) is 0 Å². The molecule has 6 aliphatic heterocycles. The molecule has 0 saturated carbocycles. The second kappa shape index (κ2) is 29.5. The second-order valence-corrected chi connectivity index (χ2v) is 33.6. The molecule has 6 aliphatic rings. The van der Waals surface area contributed by atoms with Gasteiger partial charge in [-0.05, 0) is 127 Å². The number of aryl methyl sites for hydroxylation is 2. The standard InChI is InChI=1S/C31H46O6Si.C19H27BrSi.C12H20O6.CH4/c1-8-17-38(18-9-2,19-10-3)20-11-12-23-13-15-24(16-14-23)21-32-27-26(25-22-33-30(4,5)35-25)34-29-28(27)36-31(6,7)37-29;1-4-13-21(14-5-2,15-6-3)16-7-8-18-9-11-19(17-20)12-10-18;1-11(2)14-5-6(16-11)8-7(13)9-10(15-8)18-12(3,4)17-9;/h8-10,13-16,25-29H,1-3,11-12,17-22H2,4-7H3;4-6,9-12H,1-3,7-8,13-17H2;6-10,13H,5H2,1-4H3;1H4/t25?,26-,27+,28-,29-;;6?,7-,8+,9+,10+;/m1.0./s1. The van der Waals surface area contributed by atoms with Gasteiger partial charge in [-0.1, -0.05) is 133 Å². The summed E-state index contributed by atoms with van der Waals surface area (Å²) in [5.74, 6) is -2.70. The molecular weight excluding hydrogens is 1080 g/mol. The van der Waals surface area contributed by atoms with Gasteiger partial charge >= 0.3 is 0 Å². The highest BCUT2D eigenvalue weighted by Crippen LogP contribution is 2.43. The van der Waals surface area contributed by atoms with Crippen molar-refractivity contribution in [2.75, 3.05) is 13.2 Å². The lowest BCUT2D eigenvalue weighted by Crippen LogP contribution is -2.44. The zero-order valence-corrected chi connectivity index (χ0v) is 51.3. The van der Waals surface area contributed by atoms with E-state index >= 15 is 0 Å². The van der Waals surface area contributed by atoms with E-state index < -0.39 is 70.2 Å². The Morgan fingerprint density at radius 2 is 0.885 bits per heavy atom. The molecule has 78 heavy (non-hydrogen) atoms. The predicted octanol–water partition coefficient (Wildman–Crippen LogP) is 14.1. The number of fused-ring (bicyclic) bond motifs is 2. The molecule has 0 bridgehead atoms. The maximum atomic E-state index is 10.3. The number of alkyl halides is 1. The summed E-state index contributed by atoms with van der Waals surface area (Å²) in [5, 5.41) is 11.2. The minimum atomic E-state index is -1.46. The second-order valence-electron chi connectivity index (χ2n) is 23.6. The first-order chi connectivity index (χ1) is 36.6. The Hall–Kier alpha value is -2.69. The van der Waals surface area contributed by atoms with Gasteiger partial charge in [0.2, 0.25) is 0 Å². The van der Waals surface area contributed by atoms with Gasteiger partial charge in [0.25, 0.3) is 0 Å². The molecule has 2 unspecified atom stereocenters. The maximum Gasteiger partial charge on any atom is 0.190 e. The molecular formula is C63H97BrO12Si2. The van der Waals surface area contributed by atoms with Crippen LogP contribution in [0.5, 0.6) is 0 Å². The molecule has 0 radical (unpaired) electrons. The van der Waals surface area contributed by atoms with Crippen LogP contribution >= 0.6 is 15.9 Å². The van der Waals surface area contributed by atoms with Crippen molar-refractivity contribution in [2.45, 2.75) is 233 Å². The number of aliphatic hydroxyl groups is 1. The van der Waals surface area contributed by atoms with Gasteiger partial charge < -0.3 is 57.2 Å². The third-order valence-electron chi connectivity index (χ3n) is 15.3. The summed E-state index contributed by atoms with van der Waals surface area (Å²) in [6.07, 6.45) is 13.0. The van der Waals surface area contributed by atoms with Gasteiger partial charge in [-0.2, -0.15) is 0 Å². The molecule has 2 aromatic rings. The number of halogens is 1. The third-order valence-corrected chi connectivity index (χ3v) is 25.7. The normalized spacial score (nSPS) is 28.9. The highest BCUT2D eigenvalue weighted by Gasteiger charge is 2.60. The van der Waals surface area contributed by atoms with Crippen molar-refractivity contribution in [1.29, 1.82) is 0 Å². The van der Waals surface area contributed by atoms with Crippen LogP contribution in [0.15, 0.2) is 124 Å². The number of ether oxygens (including phenoxy) is 11. The summed E-state index contributed by atoms with van der Waals surface area (Å²) in [4.78, 5) is 0. The summed E-state index contributed by atoms with van der Waals surface area (Å²) in [5.41, 5.74) is 5.25. The van der Waals surface area contributed by atoms with E-state index in [1.807, 2.05) is 41.5 Å². The van der Waals surface area contributed by atoms with Crippen molar-refractivity contribution in [2.24, 2.45) is 0 Å². The lowest BCUT2D eigenvalue weighted by Gasteiger charge is -2.29. The predicted molar refractivity (Wildman–Crippen MR) is 322 cm³/mol. The molecule has 436 valence electrons. The highest BCUT2D eigenvalue weighted by atomic mass is 79.9. The Kier molecular flexibility index (Phi) is 25.0. The SMILES string of the molecule is C.C=CC[Si](CC=C)(CC=C)CCCc1ccc(CBr)cc1.C=CC[Si](CC=C)(CC=C)CCCc1ccc(CO[C@@H]2[C@H]3OC(C)(C)O[C@H]3O[C@@H]2C2COC(C)(C)O2)cc1.CC1(C)OCC([C@H]2O[C@@H]3OC(C)(C)O[C@@H]3[C@H]2O)O1. The first kappa shape index (κ1) is 66.1. The summed E-state index contributed by atoms with van der Waals surface area (Å²) in [7, 11) is -2.79. The van der Waals surface area contributed by atoms with Gasteiger partial charge in [0.1, 0.15) is 48.8 Å². The zero-order chi connectivity index (χ0) is 56.1. The van der Waals surface area contributed by atoms with Crippen LogP contribution in [0, 0.1) is 0 Å². The zero-order valence-electron chi connectivity index (χ0n) is 47.7. The van der Waals surface area contributed by atoms with Crippen molar-refractivity contribution in [3.05, 3.63) is 147 Å². The van der Waals surface area contributed by atoms with Crippen molar-refractivity contribution in [3.63, 3.8) is 0 Å². The fourth-order valence-corrected chi connectivity index (χ4v) is 19.8. The van der Waals surface area contributed by atoms with E-state index in [1.54, 1.807) is 13.8 Å². The van der Waals surface area contributed by atoms with Crippen molar-refractivity contribution in [3.8, 4) is 0 Å². The number of benzene rings is 2. The molecule has 6 saturated heterocycles. The molecule has 0 amide bonds. The average Bonchev–Trinajstić information content (AvgIpc) is 4.23. The maximum absolute atomic E-state index is 10.3. The van der Waals surface area contributed by atoms with E-state index in [0.717, 1.165) is 35.4 Å². The van der Waals surface area contributed by atoms with E-state index in [4.69, 9.17) is 52.1 Å². The van der Waals surface area contributed by atoms with Crippen LogP contribution in [-0.4, -0.2) is 119 Å². The van der Waals surface area contributed by atoms with Crippen molar-refractivity contribution < 1.29 is 57.2 Å². The molecule has 6 fully saturated rings. The summed E-state index contributed by atoms with van der Waals surface area (Å²) < 4.78 is 64.9. The number of hydrogen-bond acceptors (Lipinski definition) is 12. The largest absolute Gasteiger partial charge is 0.387 e. The quantitative estimate of drug-likeness (QED) is 0.0548. The van der Waals surface area contributed by atoms with Crippen LogP contribution in [0.2, 0.25) is 48.4 Å². The first-order valence-electron chi connectivity index (χ1n) is 27.9. The molecule has 12 nitrogen and oxygen atoms in total. The van der Waals surface area contributed by atoms with E-state index in [1.165, 1.54) is 66.2 Å². The monoisotopic (exact) mass is 1180 g/mol. The van der Waals surface area contributed by atoms with E-state index in [9.17, 15) is 5.11 Å². The van der Waals surface area contributed by atoms with Gasteiger partial charge in [-0.3, -0.25) is 0 Å². The number of hydrogen-bond donors (Lipinski definition) is 1. The van der Waals surface area contributed by atoms with Crippen molar-refractivity contribution >= 4 is 32.1 Å². The molecule has 0 aromatic heterocycles. The Labute approximate surface area is 480 Å². The van der Waals surface area contributed by atoms with Gasteiger partial charge in [0.15, 0.2) is 35.7 Å². The molecule has 2 aromatic carbocycles. The molecule has 0 aliphatic carbocycles. The van der Waals surface area contributed by atoms with Crippen LogP contribution < -0.4 is 0 Å². The first-order valence-corrected chi connectivity index (χ1v) is 34.7. The summed E-state index contributed by atoms with van der Waals surface area (Å²) in [6, 6.07) is 27.2. The molecule has 8 rings (SSSR count). The Bertz CT molecular complexity index is 2160. The summed E-state index contributed by atoms with van der Waals surface area (Å²) in [6.45, 7) is 40.1. The molecule has 6 heterocycles.